The molecule has 2 amide bonds. The first kappa shape index (κ1) is 16.4. The number of amides is 2. The van der Waals surface area contributed by atoms with Crippen molar-refractivity contribution in [2.24, 2.45) is 0 Å². The summed E-state index contributed by atoms with van der Waals surface area (Å²) in [6.07, 6.45) is 1.20. The normalized spacial score (nSPS) is 13.3. The van der Waals surface area contributed by atoms with E-state index in [1.165, 1.54) is 4.90 Å². The number of rotatable bonds is 5. The topological polar surface area (TPSA) is 71.0 Å². The van der Waals surface area contributed by atoms with E-state index in [1.54, 1.807) is 24.3 Å². The van der Waals surface area contributed by atoms with E-state index in [4.69, 9.17) is 12.2 Å². The van der Waals surface area contributed by atoms with E-state index in [2.05, 4.69) is 10.2 Å². The minimum absolute atomic E-state index is 0.229. The van der Waals surface area contributed by atoms with Crippen LogP contribution in [0.1, 0.15) is 33.0 Å². The molecule has 0 spiro atoms. The Bertz CT molecular complexity index is 1000. The number of H-pyrrole nitrogens is 1. The molecule has 0 saturated heterocycles. The van der Waals surface area contributed by atoms with Crippen LogP contribution in [0.25, 0.3) is 5.69 Å². The highest BCUT2D eigenvalue weighted by Gasteiger charge is 2.34. The van der Waals surface area contributed by atoms with Gasteiger partial charge in [-0.15, -0.1) is 0 Å². The monoisotopic (exact) mass is 364 g/mol. The highest BCUT2D eigenvalue weighted by Crippen LogP contribution is 2.22. The predicted molar refractivity (Wildman–Crippen MR) is 98.9 cm³/mol. The third-order valence-electron chi connectivity index (χ3n) is 4.42. The minimum Gasteiger partial charge on any atom is -0.274 e. The predicted octanol–water partition coefficient (Wildman–Crippen LogP) is 3.16. The average Bonchev–Trinajstić information content (AvgIpc) is 3.15. The zero-order valence-corrected chi connectivity index (χ0v) is 14.7. The molecule has 0 fully saturated rings. The van der Waals surface area contributed by atoms with Gasteiger partial charge in [-0.05, 0) is 42.9 Å². The van der Waals surface area contributed by atoms with Gasteiger partial charge < -0.3 is 0 Å². The molecule has 130 valence electrons. The van der Waals surface area contributed by atoms with Crippen molar-refractivity contribution in [3.63, 3.8) is 0 Å². The minimum atomic E-state index is -0.229. The van der Waals surface area contributed by atoms with Crippen molar-refractivity contribution >= 4 is 24.0 Å². The van der Waals surface area contributed by atoms with Crippen LogP contribution in [0.15, 0.2) is 54.6 Å². The average molecular weight is 364 g/mol. The number of benzene rings is 2. The summed E-state index contributed by atoms with van der Waals surface area (Å²) in [7, 11) is 0. The van der Waals surface area contributed by atoms with E-state index in [9.17, 15) is 9.59 Å². The first-order chi connectivity index (χ1) is 12.7. The van der Waals surface area contributed by atoms with Gasteiger partial charge in [-0.3, -0.25) is 24.2 Å². The zero-order chi connectivity index (χ0) is 18.1. The number of carbonyl (C=O) groups excluding carboxylic acids is 2. The second kappa shape index (κ2) is 6.68. The number of hydrogen-bond donors (Lipinski definition) is 1. The van der Waals surface area contributed by atoms with Crippen LogP contribution in [0.2, 0.25) is 0 Å². The summed E-state index contributed by atoms with van der Waals surface area (Å²) in [4.78, 5) is 26.1. The standard InChI is InChI=1S/C19H16N4O2S/c24-17-14-9-4-5-10-15(14)18(25)22(17)12-6-11-16-20-21-19(26)23(16)13-7-2-1-3-8-13/h1-5,7-10H,6,11-12H2,(H,21,26). The van der Waals surface area contributed by atoms with Crippen LogP contribution in [-0.2, 0) is 6.42 Å². The largest absolute Gasteiger partial charge is 0.274 e. The van der Waals surface area contributed by atoms with E-state index in [0.29, 0.717) is 35.3 Å². The maximum Gasteiger partial charge on any atom is 0.261 e. The van der Waals surface area contributed by atoms with Crippen molar-refractivity contribution in [3.8, 4) is 5.69 Å². The lowest BCUT2D eigenvalue weighted by Crippen LogP contribution is -2.31. The number of fused-ring (bicyclic) bond motifs is 1. The molecular weight excluding hydrogens is 348 g/mol. The number of carbonyl (C=O) groups is 2. The summed E-state index contributed by atoms with van der Waals surface area (Å²) < 4.78 is 2.39. The number of imide groups is 1. The van der Waals surface area contributed by atoms with E-state index in [1.807, 2.05) is 34.9 Å². The Morgan fingerprint density at radius 2 is 1.54 bits per heavy atom. The van der Waals surface area contributed by atoms with Gasteiger partial charge in [-0.1, -0.05) is 30.3 Å². The van der Waals surface area contributed by atoms with E-state index >= 15 is 0 Å². The Hall–Kier alpha value is -3.06. The van der Waals surface area contributed by atoms with Crippen molar-refractivity contribution in [3.05, 3.63) is 76.3 Å². The molecule has 0 radical (unpaired) electrons. The van der Waals surface area contributed by atoms with Gasteiger partial charge in [0, 0.05) is 18.7 Å². The number of nitrogens with one attached hydrogen (secondary N) is 1. The molecule has 6 nitrogen and oxygen atoms in total. The molecule has 0 atom stereocenters. The smallest absolute Gasteiger partial charge is 0.261 e. The molecule has 0 bridgehead atoms. The number of para-hydroxylation sites is 1. The Balaban J connectivity index is 1.48. The third kappa shape index (κ3) is 2.76. The summed E-state index contributed by atoms with van der Waals surface area (Å²) >= 11 is 5.32. The highest BCUT2D eigenvalue weighted by atomic mass is 32.1. The maximum atomic E-state index is 12.4. The lowest BCUT2D eigenvalue weighted by molar-refractivity contribution is 0.0652. The molecule has 0 unspecified atom stereocenters. The molecule has 2 aromatic carbocycles. The number of aromatic nitrogens is 3. The molecule has 7 heteroatoms. The molecule has 0 aliphatic carbocycles. The quantitative estimate of drug-likeness (QED) is 0.558. The number of aryl methyl sites for hydroxylation is 1. The van der Waals surface area contributed by atoms with Crippen molar-refractivity contribution in [2.45, 2.75) is 12.8 Å². The summed E-state index contributed by atoms with van der Waals surface area (Å²) in [6.45, 7) is 0.348. The van der Waals surface area contributed by atoms with Gasteiger partial charge in [0.15, 0.2) is 4.77 Å². The fourth-order valence-corrected chi connectivity index (χ4v) is 3.43. The Morgan fingerprint density at radius 1 is 0.923 bits per heavy atom. The lowest BCUT2D eigenvalue weighted by Gasteiger charge is -2.13. The molecule has 1 N–H and O–H groups in total. The van der Waals surface area contributed by atoms with E-state index < -0.39 is 0 Å². The molecule has 1 aromatic heterocycles. The van der Waals surface area contributed by atoms with Crippen LogP contribution >= 0.6 is 12.2 Å². The van der Waals surface area contributed by atoms with Gasteiger partial charge in [-0.25, -0.2) is 0 Å². The van der Waals surface area contributed by atoms with Crippen molar-refractivity contribution in [1.29, 1.82) is 0 Å². The summed E-state index contributed by atoms with van der Waals surface area (Å²) in [6, 6.07) is 16.6. The van der Waals surface area contributed by atoms with Crippen LogP contribution < -0.4 is 0 Å². The zero-order valence-electron chi connectivity index (χ0n) is 13.9. The Labute approximate surface area is 155 Å². The first-order valence-electron chi connectivity index (χ1n) is 8.34. The van der Waals surface area contributed by atoms with Crippen molar-refractivity contribution in [1.82, 2.24) is 19.7 Å². The van der Waals surface area contributed by atoms with Gasteiger partial charge in [0.25, 0.3) is 11.8 Å². The Kier molecular flexibility index (Phi) is 4.22. The summed E-state index contributed by atoms with van der Waals surface area (Å²) in [5.41, 5.74) is 1.89. The lowest BCUT2D eigenvalue weighted by atomic mass is 10.1. The second-order valence-electron chi connectivity index (χ2n) is 6.03. The number of hydrogen-bond acceptors (Lipinski definition) is 4. The highest BCUT2D eigenvalue weighted by molar-refractivity contribution is 7.71. The molecule has 2 heterocycles. The van der Waals surface area contributed by atoms with Crippen molar-refractivity contribution < 1.29 is 9.59 Å². The van der Waals surface area contributed by atoms with Crippen LogP contribution in [-0.4, -0.2) is 38.0 Å². The van der Waals surface area contributed by atoms with Gasteiger partial charge >= 0.3 is 0 Å². The molecular formula is C19H16N4O2S. The fourth-order valence-electron chi connectivity index (χ4n) is 3.18. The Morgan fingerprint density at radius 3 is 2.19 bits per heavy atom. The number of nitrogens with zero attached hydrogens (tertiary/aromatic N) is 3. The van der Waals surface area contributed by atoms with Crippen molar-refractivity contribution in [2.75, 3.05) is 6.54 Å². The van der Waals surface area contributed by atoms with Gasteiger partial charge in [0.2, 0.25) is 0 Å². The molecule has 1 aliphatic rings. The van der Waals surface area contributed by atoms with Crippen LogP contribution in [0.4, 0.5) is 0 Å². The fraction of sp³-hybridized carbons (Fsp3) is 0.158. The number of aromatic amines is 1. The van der Waals surface area contributed by atoms with Crippen LogP contribution in [0.5, 0.6) is 0 Å². The SMILES string of the molecule is O=C1c2ccccc2C(=O)N1CCCc1n[nH]c(=S)n1-c1ccccc1. The summed E-state index contributed by atoms with van der Waals surface area (Å²) in [5.74, 6) is 0.317. The molecule has 1 aliphatic heterocycles. The van der Waals surface area contributed by atoms with Gasteiger partial charge in [-0.2, -0.15) is 5.10 Å². The molecule has 26 heavy (non-hydrogen) atoms. The van der Waals surface area contributed by atoms with E-state index in [-0.39, 0.29) is 11.8 Å². The van der Waals surface area contributed by atoms with Gasteiger partial charge in [0.05, 0.1) is 11.1 Å². The second-order valence-corrected chi connectivity index (χ2v) is 6.41. The molecule has 3 aromatic rings. The van der Waals surface area contributed by atoms with Crippen LogP contribution in [0, 0.1) is 4.77 Å². The van der Waals surface area contributed by atoms with Crippen LogP contribution in [0.3, 0.4) is 0 Å². The van der Waals surface area contributed by atoms with Gasteiger partial charge in [0.1, 0.15) is 5.82 Å². The molecule has 4 rings (SSSR count). The maximum absolute atomic E-state index is 12.4. The first-order valence-corrected chi connectivity index (χ1v) is 8.74. The van der Waals surface area contributed by atoms with E-state index in [0.717, 1.165) is 11.5 Å². The molecule has 0 saturated carbocycles. The third-order valence-corrected chi connectivity index (χ3v) is 4.69. The summed E-state index contributed by atoms with van der Waals surface area (Å²) in [5, 5.41) is 7.11.